The molecule has 16 heavy (non-hydrogen) atoms. The van der Waals surface area contributed by atoms with Crippen molar-refractivity contribution >= 4 is 33.5 Å². The lowest BCUT2D eigenvalue weighted by Crippen LogP contribution is -2.29. The van der Waals surface area contributed by atoms with Crippen molar-refractivity contribution < 1.29 is 14.3 Å². The Morgan fingerprint density at radius 2 is 2.19 bits per heavy atom. The Morgan fingerprint density at radius 1 is 1.56 bits per heavy atom. The highest BCUT2D eigenvalue weighted by Crippen LogP contribution is 2.13. The van der Waals surface area contributed by atoms with Crippen molar-refractivity contribution in [3.63, 3.8) is 0 Å². The maximum atomic E-state index is 11.3. The number of methoxy groups -OCH3 is 1. The molecule has 1 heterocycles. The van der Waals surface area contributed by atoms with Gasteiger partial charge in [-0.15, -0.1) is 0 Å². The number of ether oxygens (including phenoxy) is 2. The minimum absolute atomic E-state index is 0.127. The van der Waals surface area contributed by atoms with Crippen molar-refractivity contribution in [1.82, 2.24) is 9.97 Å². The summed E-state index contributed by atoms with van der Waals surface area (Å²) in [6.07, 6.45) is 2.63. The fourth-order valence-electron chi connectivity index (χ4n) is 0.981. The quantitative estimate of drug-likeness (QED) is 0.472. The molecule has 0 radical (unpaired) electrons. The summed E-state index contributed by atoms with van der Waals surface area (Å²) in [4.78, 5) is 18.8. The number of rotatable bonds is 5. The molecule has 0 bridgehead atoms. The number of nitrogens with zero attached hydrogens (tertiary/aromatic N) is 2. The van der Waals surface area contributed by atoms with E-state index in [1.807, 2.05) is 0 Å². The second kappa shape index (κ2) is 6.65. The largest absolute Gasteiger partial charge is 0.475 e. The van der Waals surface area contributed by atoms with Crippen molar-refractivity contribution in [2.24, 2.45) is 0 Å². The summed E-state index contributed by atoms with van der Waals surface area (Å²) in [5.74, 6) is -0.0600. The Labute approximate surface area is 106 Å². The van der Waals surface area contributed by atoms with Crippen molar-refractivity contribution in [3.8, 4) is 5.75 Å². The van der Waals surface area contributed by atoms with Gasteiger partial charge < -0.3 is 9.47 Å². The monoisotopic (exact) mass is 308 g/mol. The maximum absolute atomic E-state index is 11.3. The molecule has 5 nitrogen and oxygen atoms in total. The van der Waals surface area contributed by atoms with E-state index in [0.29, 0.717) is 17.5 Å². The summed E-state index contributed by atoms with van der Waals surface area (Å²) in [5, 5.41) is 0.753. The lowest BCUT2D eigenvalue weighted by molar-refractivity contribution is -0.148. The van der Waals surface area contributed by atoms with E-state index in [-0.39, 0.29) is 5.28 Å². The fraction of sp³-hybridized carbons (Fsp3) is 0.444. The van der Waals surface area contributed by atoms with Crippen molar-refractivity contribution in [3.05, 3.63) is 17.7 Å². The zero-order valence-corrected chi connectivity index (χ0v) is 10.9. The van der Waals surface area contributed by atoms with E-state index in [1.165, 1.54) is 19.5 Å². The first-order chi connectivity index (χ1) is 7.67. The number of hydrogen-bond donors (Lipinski definition) is 0. The summed E-state index contributed by atoms with van der Waals surface area (Å²) in [6.45, 7) is 0. The van der Waals surface area contributed by atoms with Crippen LogP contribution in [0.4, 0.5) is 0 Å². The molecule has 88 valence electrons. The van der Waals surface area contributed by atoms with Gasteiger partial charge in [0, 0.05) is 11.8 Å². The number of carbonyl (C=O) groups excluding carboxylic acids is 1. The normalized spacial score (nSPS) is 11.9. The summed E-state index contributed by atoms with van der Waals surface area (Å²) < 4.78 is 9.98. The first-order valence-electron chi connectivity index (χ1n) is 4.45. The van der Waals surface area contributed by atoms with Gasteiger partial charge in [-0.25, -0.2) is 14.8 Å². The van der Waals surface area contributed by atoms with E-state index in [0.717, 1.165) is 0 Å². The minimum Gasteiger partial charge on any atom is -0.475 e. The Balaban J connectivity index is 2.67. The van der Waals surface area contributed by atoms with Gasteiger partial charge in [0.05, 0.1) is 19.5 Å². The van der Waals surface area contributed by atoms with Gasteiger partial charge in [0.25, 0.3) is 0 Å². The molecular weight excluding hydrogens is 299 g/mol. The van der Waals surface area contributed by atoms with E-state index in [4.69, 9.17) is 16.3 Å². The van der Waals surface area contributed by atoms with Crippen molar-refractivity contribution in [1.29, 1.82) is 0 Å². The van der Waals surface area contributed by atoms with E-state index in [1.54, 1.807) is 0 Å². The third-order valence-electron chi connectivity index (χ3n) is 1.71. The molecule has 0 spiro atoms. The summed E-state index contributed by atoms with van der Waals surface area (Å²) in [6, 6.07) is 0. The zero-order valence-electron chi connectivity index (χ0n) is 8.52. The smallest absolute Gasteiger partial charge is 0.347 e. The lowest BCUT2D eigenvalue weighted by Gasteiger charge is -2.15. The minimum atomic E-state index is -0.672. The average Bonchev–Trinajstić information content (AvgIpc) is 2.30. The van der Waals surface area contributed by atoms with E-state index in [2.05, 4.69) is 30.6 Å². The highest BCUT2D eigenvalue weighted by atomic mass is 79.9. The van der Waals surface area contributed by atoms with E-state index >= 15 is 0 Å². The van der Waals surface area contributed by atoms with Crippen LogP contribution in [0.25, 0.3) is 0 Å². The van der Waals surface area contributed by atoms with Crippen LogP contribution >= 0.6 is 27.5 Å². The molecule has 0 aliphatic rings. The average molecular weight is 310 g/mol. The summed E-state index contributed by atoms with van der Waals surface area (Å²) in [7, 11) is 1.31. The highest BCUT2D eigenvalue weighted by molar-refractivity contribution is 9.09. The number of hydrogen-bond acceptors (Lipinski definition) is 5. The molecule has 0 fully saturated rings. The van der Waals surface area contributed by atoms with Crippen LogP contribution in [0.5, 0.6) is 5.75 Å². The second-order valence-corrected chi connectivity index (χ2v) is 3.93. The molecule has 0 aliphatic carbocycles. The van der Waals surface area contributed by atoms with Crippen LogP contribution in [-0.4, -0.2) is 34.5 Å². The maximum Gasteiger partial charge on any atom is 0.347 e. The molecule has 1 aromatic rings. The molecule has 1 atom stereocenters. The number of carbonyl (C=O) groups is 1. The molecule has 0 aliphatic heterocycles. The number of aromatic nitrogens is 2. The second-order valence-electron chi connectivity index (χ2n) is 2.80. The Morgan fingerprint density at radius 3 is 2.69 bits per heavy atom. The molecule has 1 unspecified atom stereocenters. The van der Waals surface area contributed by atoms with Gasteiger partial charge in [-0.2, -0.15) is 0 Å². The molecule has 0 saturated carbocycles. The molecule has 0 aromatic carbocycles. The number of alkyl halides is 1. The number of halogens is 2. The van der Waals surface area contributed by atoms with Gasteiger partial charge in [0.1, 0.15) is 0 Å². The molecule has 0 saturated heterocycles. The van der Waals surface area contributed by atoms with Gasteiger partial charge >= 0.3 is 5.97 Å². The standard InChI is InChI=1S/C9H10BrClN2O3/c1-15-8(14)7(2-3-10)16-6-4-12-9(11)13-5-6/h4-5,7H,2-3H2,1H3. The van der Waals surface area contributed by atoms with Gasteiger partial charge in [-0.05, 0) is 11.6 Å². The zero-order chi connectivity index (χ0) is 12.0. The molecule has 0 N–H and O–H groups in total. The fourth-order valence-corrected chi connectivity index (χ4v) is 1.49. The highest BCUT2D eigenvalue weighted by Gasteiger charge is 2.20. The number of esters is 1. The van der Waals surface area contributed by atoms with Gasteiger partial charge in [0.15, 0.2) is 11.9 Å². The predicted octanol–water partition coefficient (Wildman–Crippen LogP) is 1.84. The third kappa shape index (κ3) is 3.94. The first kappa shape index (κ1) is 13.2. The van der Waals surface area contributed by atoms with Crippen LogP contribution in [0, 0.1) is 0 Å². The van der Waals surface area contributed by atoms with E-state index < -0.39 is 12.1 Å². The Hall–Kier alpha value is -0.880. The summed E-state index contributed by atoms with van der Waals surface area (Å²) in [5.41, 5.74) is 0. The Bertz CT molecular complexity index is 347. The molecule has 1 rings (SSSR count). The predicted molar refractivity (Wildman–Crippen MR) is 61.9 cm³/mol. The molecule has 0 amide bonds. The van der Waals surface area contributed by atoms with Gasteiger partial charge in [-0.1, -0.05) is 15.9 Å². The van der Waals surface area contributed by atoms with Gasteiger partial charge in [-0.3, -0.25) is 0 Å². The molecule has 7 heteroatoms. The van der Waals surface area contributed by atoms with Crippen LogP contribution in [0.3, 0.4) is 0 Å². The molecule has 1 aromatic heterocycles. The van der Waals surface area contributed by atoms with Crippen LogP contribution < -0.4 is 4.74 Å². The third-order valence-corrected chi connectivity index (χ3v) is 2.36. The SMILES string of the molecule is COC(=O)C(CCBr)Oc1cnc(Cl)nc1. The lowest BCUT2D eigenvalue weighted by atomic mass is 10.3. The van der Waals surface area contributed by atoms with Gasteiger partial charge in [0.2, 0.25) is 5.28 Å². The van der Waals surface area contributed by atoms with Crippen LogP contribution in [0.15, 0.2) is 12.4 Å². The van der Waals surface area contributed by atoms with Crippen molar-refractivity contribution in [2.75, 3.05) is 12.4 Å². The topological polar surface area (TPSA) is 61.3 Å². The van der Waals surface area contributed by atoms with Crippen LogP contribution in [-0.2, 0) is 9.53 Å². The van der Waals surface area contributed by atoms with Crippen LogP contribution in [0.2, 0.25) is 5.28 Å². The van der Waals surface area contributed by atoms with E-state index in [9.17, 15) is 4.79 Å². The van der Waals surface area contributed by atoms with Crippen LogP contribution in [0.1, 0.15) is 6.42 Å². The van der Waals surface area contributed by atoms with Crippen molar-refractivity contribution in [2.45, 2.75) is 12.5 Å². The summed E-state index contributed by atoms with van der Waals surface area (Å²) >= 11 is 8.75. The Kier molecular flexibility index (Phi) is 5.48. The molecular formula is C9H10BrClN2O3. The first-order valence-corrected chi connectivity index (χ1v) is 5.95.